The second-order valence-electron chi connectivity index (χ2n) is 11.1. The van der Waals surface area contributed by atoms with Crippen LogP contribution in [0.4, 0.5) is 0 Å². The number of benzene rings is 3. The van der Waals surface area contributed by atoms with Crippen molar-refractivity contribution in [1.82, 2.24) is 20.4 Å². The van der Waals surface area contributed by atoms with E-state index in [4.69, 9.17) is 0 Å². The molecular weight excluding hydrogens is 512 g/mol. The average Bonchev–Trinajstić information content (AvgIpc) is 3.02. The maximum Gasteiger partial charge on any atom is 0.251 e. The van der Waals surface area contributed by atoms with Crippen molar-refractivity contribution < 1.29 is 14.4 Å². The van der Waals surface area contributed by atoms with Gasteiger partial charge in [-0.05, 0) is 60.9 Å². The molecule has 2 saturated heterocycles. The lowest BCUT2D eigenvalue weighted by Crippen LogP contribution is -2.73. The predicted molar refractivity (Wildman–Crippen MR) is 161 cm³/mol. The van der Waals surface area contributed by atoms with Crippen LogP contribution in [-0.2, 0) is 16.0 Å². The molecule has 2 aliphatic heterocycles. The van der Waals surface area contributed by atoms with E-state index in [-0.39, 0.29) is 17.7 Å². The van der Waals surface area contributed by atoms with Gasteiger partial charge in [0.2, 0.25) is 11.8 Å². The Kier molecular flexibility index (Phi) is 9.14. The first-order valence-electron chi connectivity index (χ1n) is 14.8. The number of carbonyl (C=O) groups excluding carboxylic acids is 3. The first-order valence-corrected chi connectivity index (χ1v) is 14.8. The van der Waals surface area contributed by atoms with Crippen LogP contribution in [0.2, 0.25) is 0 Å². The summed E-state index contributed by atoms with van der Waals surface area (Å²) in [5, 5.41) is 5.98. The average molecular weight is 553 g/mol. The molecule has 5 rings (SSSR count). The van der Waals surface area contributed by atoms with E-state index in [0.717, 1.165) is 43.6 Å². The van der Waals surface area contributed by atoms with E-state index in [1.807, 2.05) is 66.4 Å². The highest BCUT2D eigenvalue weighted by atomic mass is 16.2. The maximum atomic E-state index is 13.7. The number of nitrogens with zero attached hydrogens (tertiary/aromatic N) is 2. The molecule has 3 aromatic carbocycles. The summed E-state index contributed by atoms with van der Waals surface area (Å²) in [6.07, 6.45) is 3.40. The van der Waals surface area contributed by atoms with Crippen LogP contribution in [0, 0.1) is 0 Å². The van der Waals surface area contributed by atoms with Crippen LogP contribution in [-0.4, -0.2) is 71.8 Å². The number of likely N-dealkylation sites (tertiary alicyclic amines) is 1. The Balaban J connectivity index is 1.16. The largest absolute Gasteiger partial charge is 0.352 e. The van der Waals surface area contributed by atoms with Crippen molar-refractivity contribution in [3.8, 4) is 11.1 Å². The molecule has 2 heterocycles. The van der Waals surface area contributed by atoms with Crippen LogP contribution in [0.15, 0.2) is 84.9 Å². The zero-order valence-electron chi connectivity index (χ0n) is 23.9. The topological polar surface area (TPSA) is 81.8 Å². The Morgan fingerprint density at radius 3 is 2.29 bits per heavy atom. The van der Waals surface area contributed by atoms with Crippen LogP contribution in [0.1, 0.15) is 48.5 Å². The third-order valence-electron chi connectivity index (χ3n) is 8.45. The van der Waals surface area contributed by atoms with Crippen LogP contribution in [0.5, 0.6) is 0 Å². The van der Waals surface area contributed by atoms with E-state index in [2.05, 4.69) is 39.8 Å². The highest BCUT2D eigenvalue weighted by molar-refractivity contribution is 6.00. The van der Waals surface area contributed by atoms with Gasteiger partial charge in [0.1, 0.15) is 11.6 Å². The summed E-state index contributed by atoms with van der Waals surface area (Å²) in [6, 6.07) is 27.2. The normalized spacial score (nSPS) is 18.8. The molecule has 1 spiro atoms. The zero-order chi connectivity index (χ0) is 28.7. The molecule has 0 aliphatic carbocycles. The molecule has 0 unspecified atom stereocenters. The monoisotopic (exact) mass is 552 g/mol. The standard InChI is InChI=1S/C34H40N4O3/c1-2-21-38-32(40)30(16-20-35-31(39)29-15-9-14-28(25-29)27-12-7-4-8-13-27)36-33(41)34(38)18-23-37(24-19-34)22-17-26-10-5-3-6-11-26/h3-15,25,30H,2,16-24H2,1H3,(H,35,39)(H,36,41)/t30-/m0/s1. The molecule has 7 heteroatoms. The first kappa shape index (κ1) is 28.6. The fourth-order valence-electron chi connectivity index (χ4n) is 6.10. The van der Waals surface area contributed by atoms with Gasteiger partial charge in [0, 0.05) is 38.3 Å². The highest BCUT2D eigenvalue weighted by Gasteiger charge is 2.53. The fraction of sp³-hybridized carbons (Fsp3) is 0.382. The summed E-state index contributed by atoms with van der Waals surface area (Å²) in [5.41, 5.74) is 3.11. The number of hydrogen-bond acceptors (Lipinski definition) is 4. The smallest absolute Gasteiger partial charge is 0.251 e. The highest BCUT2D eigenvalue weighted by Crippen LogP contribution is 2.33. The van der Waals surface area contributed by atoms with E-state index in [0.29, 0.717) is 37.9 Å². The fourth-order valence-corrected chi connectivity index (χ4v) is 6.10. The minimum atomic E-state index is -0.784. The van der Waals surface area contributed by atoms with Gasteiger partial charge >= 0.3 is 0 Å². The number of rotatable bonds is 10. The van der Waals surface area contributed by atoms with Gasteiger partial charge in [-0.25, -0.2) is 0 Å². The van der Waals surface area contributed by atoms with Gasteiger partial charge in [-0.2, -0.15) is 0 Å². The number of amides is 3. The molecule has 0 radical (unpaired) electrons. The van der Waals surface area contributed by atoms with Crippen LogP contribution in [0.25, 0.3) is 11.1 Å². The zero-order valence-corrected chi connectivity index (χ0v) is 23.9. The maximum absolute atomic E-state index is 13.7. The first-order chi connectivity index (χ1) is 20.0. The lowest BCUT2D eigenvalue weighted by Gasteiger charge is -2.51. The number of nitrogens with one attached hydrogen (secondary N) is 2. The molecule has 3 amide bonds. The number of piperazine rings is 1. The van der Waals surface area contributed by atoms with E-state index in [9.17, 15) is 14.4 Å². The van der Waals surface area contributed by atoms with Gasteiger partial charge in [0.25, 0.3) is 5.91 Å². The second kappa shape index (κ2) is 13.1. The Morgan fingerprint density at radius 1 is 0.902 bits per heavy atom. The summed E-state index contributed by atoms with van der Waals surface area (Å²) in [6.45, 7) is 5.42. The Morgan fingerprint density at radius 2 is 1.59 bits per heavy atom. The Labute approximate surface area is 242 Å². The summed E-state index contributed by atoms with van der Waals surface area (Å²) < 4.78 is 0. The molecule has 214 valence electrons. The molecule has 0 aromatic heterocycles. The van der Waals surface area contributed by atoms with Gasteiger partial charge in [-0.15, -0.1) is 0 Å². The minimum absolute atomic E-state index is 0.0375. The molecule has 3 aromatic rings. The van der Waals surface area contributed by atoms with Crippen molar-refractivity contribution in [2.45, 2.75) is 50.6 Å². The van der Waals surface area contributed by atoms with E-state index in [1.165, 1.54) is 5.56 Å². The second-order valence-corrected chi connectivity index (χ2v) is 11.1. The summed E-state index contributed by atoms with van der Waals surface area (Å²) in [4.78, 5) is 44.4. The van der Waals surface area contributed by atoms with E-state index < -0.39 is 11.6 Å². The molecule has 2 aliphatic rings. The van der Waals surface area contributed by atoms with Gasteiger partial charge < -0.3 is 20.4 Å². The summed E-state index contributed by atoms with van der Waals surface area (Å²) in [5.74, 6) is -0.285. The van der Waals surface area contributed by atoms with Crippen molar-refractivity contribution in [2.75, 3.05) is 32.7 Å². The lowest BCUT2D eigenvalue weighted by atomic mass is 9.81. The molecule has 7 nitrogen and oxygen atoms in total. The van der Waals surface area contributed by atoms with Crippen molar-refractivity contribution >= 4 is 17.7 Å². The third kappa shape index (κ3) is 6.51. The van der Waals surface area contributed by atoms with Gasteiger partial charge in [0.05, 0.1) is 0 Å². The van der Waals surface area contributed by atoms with Crippen LogP contribution in [0.3, 0.4) is 0 Å². The number of carbonyl (C=O) groups is 3. The Bertz CT molecular complexity index is 1340. The molecule has 1 atom stereocenters. The van der Waals surface area contributed by atoms with Crippen molar-refractivity contribution in [3.05, 3.63) is 96.1 Å². The lowest BCUT2D eigenvalue weighted by molar-refractivity contribution is -0.161. The minimum Gasteiger partial charge on any atom is -0.352 e. The van der Waals surface area contributed by atoms with E-state index >= 15 is 0 Å². The molecule has 2 fully saturated rings. The molecule has 0 saturated carbocycles. The van der Waals surface area contributed by atoms with Crippen molar-refractivity contribution in [1.29, 1.82) is 0 Å². The van der Waals surface area contributed by atoms with Gasteiger partial charge in [0.15, 0.2) is 0 Å². The Hall–Kier alpha value is -3.97. The third-order valence-corrected chi connectivity index (χ3v) is 8.45. The van der Waals surface area contributed by atoms with E-state index in [1.54, 1.807) is 6.07 Å². The van der Waals surface area contributed by atoms with Gasteiger partial charge in [-0.3, -0.25) is 14.4 Å². The summed E-state index contributed by atoms with van der Waals surface area (Å²) in [7, 11) is 0. The quantitative estimate of drug-likeness (QED) is 0.393. The summed E-state index contributed by atoms with van der Waals surface area (Å²) >= 11 is 0. The molecule has 41 heavy (non-hydrogen) atoms. The van der Waals surface area contributed by atoms with Crippen molar-refractivity contribution in [3.63, 3.8) is 0 Å². The van der Waals surface area contributed by atoms with Crippen LogP contribution >= 0.6 is 0 Å². The predicted octanol–water partition coefficient (Wildman–Crippen LogP) is 4.29. The molecule has 2 N–H and O–H groups in total. The SMILES string of the molecule is CCCN1C(=O)[C@H](CCNC(=O)c2cccc(-c3ccccc3)c2)NC(=O)C12CCN(CCc1ccccc1)CC2. The van der Waals surface area contributed by atoms with Crippen LogP contribution < -0.4 is 10.6 Å². The molecular formula is C34H40N4O3. The number of hydrogen-bond donors (Lipinski definition) is 2. The number of piperidine rings is 1. The van der Waals surface area contributed by atoms with Gasteiger partial charge in [-0.1, -0.05) is 79.7 Å². The van der Waals surface area contributed by atoms with Crippen molar-refractivity contribution in [2.24, 2.45) is 0 Å². The molecule has 0 bridgehead atoms.